The summed E-state index contributed by atoms with van der Waals surface area (Å²) in [4.78, 5) is 34.8. The van der Waals surface area contributed by atoms with Gasteiger partial charge in [-0.1, -0.05) is 99.9 Å². The molecular formula is C36H24Cl6N2O4S2. The molecular weight excluding hydrogens is 801 g/mol. The van der Waals surface area contributed by atoms with E-state index in [0.717, 1.165) is 26.4 Å². The third kappa shape index (κ3) is 9.18. The molecule has 0 fully saturated rings. The van der Waals surface area contributed by atoms with Crippen LogP contribution in [0.2, 0.25) is 30.1 Å². The Hall–Kier alpha value is -3.18. The van der Waals surface area contributed by atoms with Gasteiger partial charge in [-0.25, -0.2) is 19.6 Å². The van der Waals surface area contributed by atoms with Crippen LogP contribution >= 0.6 is 92.3 Å². The zero-order valence-corrected chi connectivity index (χ0v) is 32.3. The van der Waals surface area contributed by atoms with Gasteiger partial charge in [0.05, 0.1) is 44.4 Å². The summed E-state index contributed by atoms with van der Waals surface area (Å²) in [6, 6.07) is 24.9. The SMILES string of the molecule is CCOC(=O)c1nc(-c2ccc(Cl)cc2)c(-c2ccc(Cl)cc2Cl)s1.CCOC(=O)c1nc(-c2ccc(Cl)cc2Cl)c(-c2ccc(Cl)cc2)s1. The molecule has 14 heteroatoms. The Kier molecular flexibility index (Phi) is 13.2. The van der Waals surface area contributed by atoms with Crippen molar-refractivity contribution in [2.24, 2.45) is 0 Å². The van der Waals surface area contributed by atoms with E-state index in [1.165, 1.54) is 22.7 Å². The molecule has 0 N–H and O–H groups in total. The number of halogens is 6. The van der Waals surface area contributed by atoms with Crippen LogP contribution in [0.4, 0.5) is 0 Å². The van der Waals surface area contributed by atoms with Crippen molar-refractivity contribution in [1.82, 2.24) is 9.97 Å². The Morgan fingerprint density at radius 3 is 1.44 bits per heavy atom. The van der Waals surface area contributed by atoms with Crippen molar-refractivity contribution in [1.29, 1.82) is 0 Å². The van der Waals surface area contributed by atoms with Gasteiger partial charge in [-0.05, 0) is 74.0 Å². The Bertz CT molecular complexity index is 2000. The molecule has 2 aromatic heterocycles. The van der Waals surface area contributed by atoms with Crippen molar-refractivity contribution >= 4 is 104 Å². The maximum absolute atomic E-state index is 12.1. The van der Waals surface area contributed by atoms with Crippen molar-refractivity contribution < 1.29 is 19.1 Å². The quantitative estimate of drug-likeness (QED) is 0.142. The van der Waals surface area contributed by atoms with Crippen molar-refractivity contribution in [3.05, 3.63) is 125 Å². The van der Waals surface area contributed by atoms with Gasteiger partial charge >= 0.3 is 11.9 Å². The maximum Gasteiger partial charge on any atom is 0.367 e. The number of carbonyl (C=O) groups is 2. The summed E-state index contributed by atoms with van der Waals surface area (Å²) in [6.45, 7) is 4.07. The fraction of sp³-hybridized carbons (Fsp3) is 0.111. The van der Waals surface area contributed by atoms with Crippen LogP contribution in [0, 0.1) is 0 Å². The number of esters is 2. The highest BCUT2D eigenvalue weighted by molar-refractivity contribution is 7.18. The predicted octanol–water partition coefficient (Wildman–Crippen LogP) is 13.2. The average Bonchev–Trinajstić information content (AvgIpc) is 3.72. The highest BCUT2D eigenvalue weighted by Crippen LogP contribution is 2.42. The largest absolute Gasteiger partial charge is 0.461 e. The number of thiazole rings is 2. The van der Waals surface area contributed by atoms with Gasteiger partial charge in [0.1, 0.15) is 0 Å². The van der Waals surface area contributed by atoms with E-state index in [2.05, 4.69) is 9.97 Å². The van der Waals surface area contributed by atoms with E-state index in [4.69, 9.17) is 79.1 Å². The number of carbonyl (C=O) groups excluding carboxylic acids is 2. The number of benzene rings is 4. The summed E-state index contributed by atoms with van der Waals surface area (Å²) in [6.07, 6.45) is 0. The van der Waals surface area contributed by atoms with Crippen LogP contribution in [0.5, 0.6) is 0 Å². The Balaban J connectivity index is 0.000000194. The first-order chi connectivity index (χ1) is 24.0. The van der Waals surface area contributed by atoms with Gasteiger partial charge < -0.3 is 9.47 Å². The molecule has 50 heavy (non-hydrogen) atoms. The Morgan fingerprint density at radius 1 is 0.540 bits per heavy atom. The van der Waals surface area contributed by atoms with Gasteiger partial charge in [0.15, 0.2) is 0 Å². The minimum absolute atomic E-state index is 0.271. The van der Waals surface area contributed by atoms with Crippen molar-refractivity contribution in [3.63, 3.8) is 0 Å². The molecule has 2 heterocycles. The van der Waals surface area contributed by atoms with Crippen LogP contribution in [0.3, 0.4) is 0 Å². The number of hydrogen-bond donors (Lipinski definition) is 0. The first kappa shape index (κ1) is 38.1. The van der Waals surface area contributed by atoms with Crippen molar-refractivity contribution in [2.45, 2.75) is 13.8 Å². The number of ether oxygens (including phenoxy) is 2. The molecule has 0 bridgehead atoms. The normalized spacial score (nSPS) is 10.7. The summed E-state index contributed by atoms with van der Waals surface area (Å²) in [7, 11) is 0. The van der Waals surface area contributed by atoms with Gasteiger partial charge in [0.25, 0.3) is 0 Å². The van der Waals surface area contributed by atoms with Gasteiger partial charge in [0.2, 0.25) is 10.0 Å². The molecule has 0 radical (unpaired) electrons. The van der Waals surface area contributed by atoms with E-state index < -0.39 is 11.9 Å². The highest BCUT2D eigenvalue weighted by Gasteiger charge is 2.23. The van der Waals surface area contributed by atoms with E-state index in [-0.39, 0.29) is 23.2 Å². The smallest absolute Gasteiger partial charge is 0.367 e. The van der Waals surface area contributed by atoms with Gasteiger partial charge in [-0.3, -0.25) is 0 Å². The Labute approximate surface area is 326 Å². The minimum Gasteiger partial charge on any atom is -0.461 e. The molecule has 256 valence electrons. The second kappa shape index (κ2) is 17.4. The number of hydrogen-bond acceptors (Lipinski definition) is 8. The molecule has 0 spiro atoms. The summed E-state index contributed by atoms with van der Waals surface area (Å²) in [5.74, 6) is -0.918. The monoisotopic (exact) mass is 822 g/mol. The molecule has 0 unspecified atom stereocenters. The third-order valence-electron chi connectivity index (χ3n) is 6.74. The summed E-state index contributed by atoms with van der Waals surface area (Å²) in [5.41, 5.74) is 4.42. The van der Waals surface area contributed by atoms with E-state index in [1.807, 2.05) is 30.3 Å². The zero-order valence-electron chi connectivity index (χ0n) is 26.1. The molecule has 0 saturated heterocycles. The number of aromatic nitrogens is 2. The molecule has 0 aliphatic rings. The zero-order chi connectivity index (χ0) is 35.9. The summed E-state index contributed by atoms with van der Waals surface area (Å²) < 4.78 is 10.1. The first-order valence-corrected chi connectivity index (χ1v) is 18.7. The molecule has 6 aromatic rings. The number of rotatable bonds is 8. The highest BCUT2D eigenvalue weighted by atomic mass is 35.5. The van der Waals surface area contributed by atoms with Crippen LogP contribution in [0.1, 0.15) is 33.5 Å². The minimum atomic E-state index is -0.459. The maximum atomic E-state index is 12.1. The lowest BCUT2D eigenvalue weighted by molar-refractivity contribution is 0.0516. The second-order valence-corrected chi connectivity index (χ2v) is 14.7. The lowest BCUT2D eigenvalue weighted by Gasteiger charge is -2.05. The van der Waals surface area contributed by atoms with Crippen molar-refractivity contribution in [3.8, 4) is 43.4 Å². The first-order valence-electron chi connectivity index (χ1n) is 14.8. The van der Waals surface area contributed by atoms with Crippen LogP contribution in [-0.2, 0) is 9.47 Å². The molecule has 4 aromatic carbocycles. The van der Waals surface area contributed by atoms with Gasteiger partial charge in [-0.2, -0.15) is 0 Å². The van der Waals surface area contributed by atoms with Gasteiger partial charge in [-0.15, -0.1) is 22.7 Å². The van der Waals surface area contributed by atoms with E-state index in [0.29, 0.717) is 47.1 Å². The number of nitrogens with zero attached hydrogens (tertiary/aromatic N) is 2. The Morgan fingerprint density at radius 2 is 0.960 bits per heavy atom. The standard InChI is InChI=1S/2C18H12Cl3NO2S/c1-2-24-18(23)17-22-15(13-8-7-12(20)9-14(13)21)16(25-17)10-3-5-11(19)6-4-10;1-2-24-18(23)17-22-15(10-3-5-11(19)6-4-10)16(25-17)13-8-7-12(20)9-14(13)21/h2*3-9H,2H2,1H3. The predicted molar refractivity (Wildman–Crippen MR) is 208 cm³/mol. The third-order valence-corrected chi connectivity index (χ3v) is 10.5. The van der Waals surface area contributed by atoms with Crippen LogP contribution < -0.4 is 0 Å². The second-order valence-electron chi connectivity index (χ2n) is 10.1. The average molecular weight is 825 g/mol. The van der Waals surface area contributed by atoms with E-state index in [9.17, 15) is 9.59 Å². The van der Waals surface area contributed by atoms with Crippen LogP contribution in [0.15, 0.2) is 84.9 Å². The topological polar surface area (TPSA) is 78.4 Å². The van der Waals surface area contributed by atoms with Crippen molar-refractivity contribution in [2.75, 3.05) is 13.2 Å². The molecule has 0 amide bonds. The van der Waals surface area contributed by atoms with Gasteiger partial charge in [0, 0.05) is 36.8 Å². The molecule has 0 aliphatic carbocycles. The molecule has 6 nitrogen and oxygen atoms in total. The summed E-state index contributed by atoms with van der Waals surface area (Å²) in [5, 5.41) is 3.81. The van der Waals surface area contributed by atoms with Crippen LogP contribution in [-0.4, -0.2) is 35.1 Å². The lowest BCUT2D eigenvalue weighted by atomic mass is 10.1. The fourth-order valence-electron chi connectivity index (χ4n) is 4.52. The molecule has 0 saturated carbocycles. The molecule has 6 rings (SSSR count). The molecule has 0 aliphatic heterocycles. The van der Waals surface area contributed by atoms with E-state index >= 15 is 0 Å². The lowest BCUT2D eigenvalue weighted by Crippen LogP contribution is -2.03. The fourth-order valence-corrected chi connectivity index (χ4v) is 7.83. The molecule has 0 atom stereocenters. The van der Waals surface area contributed by atoms with Crippen LogP contribution in [0.25, 0.3) is 43.4 Å². The summed E-state index contributed by atoms with van der Waals surface area (Å²) >= 11 is 39.1. The van der Waals surface area contributed by atoms with E-state index in [1.54, 1.807) is 68.4 Å².